The third kappa shape index (κ3) is 2.85. The van der Waals surface area contributed by atoms with Gasteiger partial charge in [0.25, 0.3) is 0 Å². The van der Waals surface area contributed by atoms with Crippen molar-refractivity contribution in [2.24, 2.45) is 0 Å². The molecular formula is C21H19ClN2. The summed E-state index contributed by atoms with van der Waals surface area (Å²) in [5.74, 6) is 0. The van der Waals surface area contributed by atoms with Crippen LogP contribution in [0.2, 0.25) is 5.15 Å². The van der Waals surface area contributed by atoms with Gasteiger partial charge in [0.1, 0.15) is 5.69 Å². The summed E-state index contributed by atoms with van der Waals surface area (Å²) < 4.78 is 0. The summed E-state index contributed by atoms with van der Waals surface area (Å²) in [5.41, 5.74) is 4.80. The maximum absolute atomic E-state index is 6.21. The van der Waals surface area contributed by atoms with Gasteiger partial charge in [-0.3, -0.25) is 4.98 Å². The summed E-state index contributed by atoms with van der Waals surface area (Å²) >= 11 is 6.21. The van der Waals surface area contributed by atoms with Gasteiger partial charge in [-0.25, -0.2) is 4.98 Å². The van der Waals surface area contributed by atoms with Gasteiger partial charge in [0, 0.05) is 23.4 Å². The van der Waals surface area contributed by atoms with Crippen LogP contribution >= 0.6 is 11.6 Å². The second kappa shape index (κ2) is 6.58. The number of aromatic nitrogens is 2. The van der Waals surface area contributed by atoms with Crippen molar-refractivity contribution in [3.05, 3.63) is 95.4 Å². The Bertz CT molecular complexity index is 874. The second-order valence-electron chi connectivity index (χ2n) is 6.05. The van der Waals surface area contributed by atoms with Crippen LogP contribution < -0.4 is 0 Å². The van der Waals surface area contributed by atoms with E-state index >= 15 is 0 Å². The van der Waals surface area contributed by atoms with Crippen molar-refractivity contribution in [1.82, 2.24) is 9.97 Å². The molecule has 2 aromatic carbocycles. The summed E-state index contributed by atoms with van der Waals surface area (Å²) in [6, 6.07) is 18.7. The molecule has 1 atom stereocenters. The molecule has 0 N–H and O–H groups in total. The van der Waals surface area contributed by atoms with Crippen LogP contribution in [0.3, 0.4) is 0 Å². The largest absolute Gasteiger partial charge is 0.251 e. The number of allylic oxidation sites excluding steroid dienone is 1. The zero-order valence-corrected chi connectivity index (χ0v) is 14.6. The lowest BCUT2D eigenvalue weighted by molar-refractivity contribution is 0.677. The van der Waals surface area contributed by atoms with Crippen molar-refractivity contribution in [3.63, 3.8) is 0 Å². The lowest BCUT2D eigenvalue weighted by Gasteiger charge is -2.32. The normalized spacial score (nSPS) is 13.3. The molecule has 0 fully saturated rings. The fourth-order valence-electron chi connectivity index (χ4n) is 2.92. The predicted octanol–water partition coefficient (Wildman–Crippen LogP) is 5.68. The van der Waals surface area contributed by atoms with Crippen molar-refractivity contribution in [1.29, 1.82) is 0 Å². The van der Waals surface area contributed by atoms with E-state index in [1.54, 1.807) is 12.4 Å². The Labute approximate surface area is 147 Å². The third-order valence-corrected chi connectivity index (χ3v) is 4.85. The SMILES string of the molecule is C=C(C)C(C)(c1ccccc1)c1cccc(-c2nccnc2Cl)c1. The van der Waals surface area contributed by atoms with Crippen LogP contribution in [0.4, 0.5) is 0 Å². The maximum atomic E-state index is 6.21. The van der Waals surface area contributed by atoms with E-state index in [1.807, 2.05) is 18.2 Å². The minimum Gasteiger partial charge on any atom is -0.251 e. The van der Waals surface area contributed by atoms with E-state index in [0.29, 0.717) is 10.8 Å². The van der Waals surface area contributed by atoms with Crippen molar-refractivity contribution in [2.45, 2.75) is 19.3 Å². The van der Waals surface area contributed by atoms with E-state index in [2.05, 4.69) is 66.8 Å². The van der Waals surface area contributed by atoms with E-state index in [9.17, 15) is 0 Å². The van der Waals surface area contributed by atoms with Crippen molar-refractivity contribution in [3.8, 4) is 11.3 Å². The number of halogens is 1. The molecule has 3 aromatic rings. The van der Waals surface area contributed by atoms with Crippen LogP contribution in [0.15, 0.2) is 79.1 Å². The minimum atomic E-state index is -0.286. The van der Waals surface area contributed by atoms with Crippen molar-refractivity contribution in [2.75, 3.05) is 0 Å². The molecule has 0 aliphatic rings. The van der Waals surface area contributed by atoms with Gasteiger partial charge in [-0.2, -0.15) is 0 Å². The Hall–Kier alpha value is -2.45. The molecule has 0 saturated carbocycles. The quantitative estimate of drug-likeness (QED) is 0.574. The molecule has 1 heterocycles. The first-order valence-corrected chi connectivity index (χ1v) is 8.20. The molecule has 0 radical (unpaired) electrons. The van der Waals surface area contributed by atoms with Crippen molar-refractivity contribution >= 4 is 11.6 Å². The summed E-state index contributed by atoms with van der Waals surface area (Å²) in [6.07, 6.45) is 3.25. The molecule has 3 heteroatoms. The van der Waals surface area contributed by atoms with E-state index in [-0.39, 0.29) is 5.41 Å². The average Bonchev–Trinajstić information content (AvgIpc) is 2.62. The monoisotopic (exact) mass is 334 g/mol. The minimum absolute atomic E-state index is 0.286. The van der Waals surface area contributed by atoms with Gasteiger partial charge < -0.3 is 0 Å². The lowest BCUT2D eigenvalue weighted by atomic mass is 9.71. The number of nitrogens with zero attached hydrogens (tertiary/aromatic N) is 2. The molecule has 0 aliphatic carbocycles. The highest BCUT2D eigenvalue weighted by molar-refractivity contribution is 6.31. The van der Waals surface area contributed by atoms with E-state index in [4.69, 9.17) is 11.6 Å². The van der Waals surface area contributed by atoms with Crippen LogP contribution in [-0.4, -0.2) is 9.97 Å². The number of benzene rings is 2. The van der Waals surface area contributed by atoms with Gasteiger partial charge in [-0.05, 0) is 31.0 Å². The summed E-state index contributed by atoms with van der Waals surface area (Å²) in [6.45, 7) is 8.51. The van der Waals surface area contributed by atoms with Crippen molar-refractivity contribution < 1.29 is 0 Å². The number of hydrogen-bond donors (Lipinski definition) is 0. The van der Waals surface area contributed by atoms with Crippen LogP contribution in [0.5, 0.6) is 0 Å². The van der Waals surface area contributed by atoms with Gasteiger partial charge in [0.05, 0.1) is 0 Å². The predicted molar refractivity (Wildman–Crippen MR) is 100 cm³/mol. The first-order valence-electron chi connectivity index (χ1n) is 7.82. The summed E-state index contributed by atoms with van der Waals surface area (Å²) in [5, 5.41) is 0.409. The Kier molecular flexibility index (Phi) is 4.50. The first kappa shape index (κ1) is 16.4. The number of hydrogen-bond acceptors (Lipinski definition) is 2. The first-order chi connectivity index (χ1) is 11.5. The molecule has 0 spiro atoms. The van der Waals surface area contributed by atoms with Crippen LogP contribution in [0.1, 0.15) is 25.0 Å². The fourth-order valence-corrected chi connectivity index (χ4v) is 3.14. The van der Waals surface area contributed by atoms with E-state index in [0.717, 1.165) is 16.7 Å². The fraction of sp³-hybridized carbons (Fsp3) is 0.143. The van der Waals surface area contributed by atoms with Gasteiger partial charge in [-0.1, -0.05) is 72.3 Å². The zero-order valence-electron chi connectivity index (χ0n) is 13.8. The maximum Gasteiger partial charge on any atom is 0.155 e. The highest BCUT2D eigenvalue weighted by Crippen LogP contribution is 2.39. The molecule has 1 aromatic heterocycles. The molecule has 3 rings (SSSR count). The molecular weight excluding hydrogens is 316 g/mol. The van der Waals surface area contributed by atoms with Gasteiger partial charge >= 0.3 is 0 Å². The van der Waals surface area contributed by atoms with Gasteiger partial charge in [0.15, 0.2) is 5.15 Å². The van der Waals surface area contributed by atoms with E-state index in [1.165, 1.54) is 5.56 Å². The topological polar surface area (TPSA) is 25.8 Å². The Morgan fingerprint density at radius 1 is 0.958 bits per heavy atom. The zero-order chi connectivity index (χ0) is 17.2. The Balaban J connectivity index is 2.16. The second-order valence-corrected chi connectivity index (χ2v) is 6.41. The van der Waals surface area contributed by atoms with Gasteiger partial charge in [-0.15, -0.1) is 0 Å². The van der Waals surface area contributed by atoms with Crippen LogP contribution in [-0.2, 0) is 5.41 Å². The Morgan fingerprint density at radius 3 is 2.29 bits per heavy atom. The summed E-state index contributed by atoms with van der Waals surface area (Å²) in [7, 11) is 0. The molecule has 1 unspecified atom stereocenters. The van der Waals surface area contributed by atoms with E-state index < -0.39 is 0 Å². The molecule has 120 valence electrons. The van der Waals surface area contributed by atoms with Crippen LogP contribution in [0.25, 0.3) is 11.3 Å². The molecule has 24 heavy (non-hydrogen) atoms. The highest BCUT2D eigenvalue weighted by Gasteiger charge is 2.30. The van der Waals surface area contributed by atoms with Gasteiger partial charge in [0.2, 0.25) is 0 Å². The molecule has 2 nitrogen and oxygen atoms in total. The Morgan fingerprint density at radius 2 is 1.62 bits per heavy atom. The summed E-state index contributed by atoms with van der Waals surface area (Å²) in [4.78, 5) is 8.50. The standard InChI is InChI=1S/C21H19ClN2/c1-15(2)21(3,17-9-5-4-6-10-17)18-11-7-8-16(14-18)19-20(22)24-13-12-23-19/h4-14H,1H2,2-3H3. The molecule has 0 aliphatic heterocycles. The number of rotatable bonds is 4. The van der Waals surface area contributed by atoms with Crippen LogP contribution in [0, 0.1) is 0 Å². The molecule has 0 bridgehead atoms. The average molecular weight is 335 g/mol. The lowest BCUT2D eigenvalue weighted by Crippen LogP contribution is -2.24. The smallest absolute Gasteiger partial charge is 0.155 e. The molecule has 0 amide bonds. The third-order valence-electron chi connectivity index (χ3n) is 4.57. The molecule has 0 saturated heterocycles. The highest BCUT2D eigenvalue weighted by atomic mass is 35.5.